The first kappa shape index (κ1) is 20.3. The second kappa shape index (κ2) is 9.14. The summed E-state index contributed by atoms with van der Waals surface area (Å²) in [6, 6.07) is 5.52. The van der Waals surface area contributed by atoms with Crippen molar-refractivity contribution in [3.63, 3.8) is 0 Å². The number of thioether (sulfide) groups is 1. The van der Waals surface area contributed by atoms with Crippen molar-refractivity contribution in [2.75, 3.05) is 33.9 Å². The van der Waals surface area contributed by atoms with Gasteiger partial charge in [0.2, 0.25) is 0 Å². The molecule has 0 unspecified atom stereocenters. The van der Waals surface area contributed by atoms with Gasteiger partial charge in [-0.15, -0.1) is 0 Å². The first-order valence-electron chi connectivity index (χ1n) is 9.22. The molecule has 8 heteroatoms. The summed E-state index contributed by atoms with van der Waals surface area (Å²) in [6.07, 6.45) is 3.18. The molecule has 1 fully saturated rings. The fourth-order valence-electron chi connectivity index (χ4n) is 3.27. The first-order chi connectivity index (χ1) is 13.6. The van der Waals surface area contributed by atoms with Crippen LogP contribution in [0.3, 0.4) is 0 Å². The van der Waals surface area contributed by atoms with Crippen LogP contribution in [0.4, 0.5) is 0 Å². The van der Waals surface area contributed by atoms with E-state index in [-0.39, 0.29) is 17.8 Å². The van der Waals surface area contributed by atoms with Crippen LogP contribution in [0.25, 0.3) is 6.08 Å². The molecule has 2 aliphatic rings. The molecule has 2 aliphatic heterocycles. The summed E-state index contributed by atoms with van der Waals surface area (Å²) in [6.45, 7) is 3.57. The number of likely N-dealkylation sites (tertiary alicyclic amines) is 1. The van der Waals surface area contributed by atoms with Crippen LogP contribution in [0.1, 0.15) is 25.3 Å². The number of carbonyl (C=O) groups is 2. The van der Waals surface area contributed by atoms with E-state index in [1.165, 1.54) is 11.8 Å². The van der Waals surface area contributed by atoms with E-state index >= 15 is 0 Å². The molecule has 0 bridgehead atoms. The molecule has 28 heavy (non-hydrogen) atoms. The van der Waals surface area contributed by atoms with Crippen LogP contribution < -0.4 is 9.47 Å². The van der Waals surface area contributed by atoms with Gasteiger partial charge in [-0.1, -0.05) is 12.1 Å². The van der Waals surface area contributed by atoms with Crippen LogP contribution in [0.15, 0.2) is 28.1 Å². The van der Waals surface area contributed by atoms with Crippen molar-refractivity contribution in [1.82, 2.24) is 4.90 Å². The highest BCUT2D eigenvalue weighted by Crippen LogP contribution is 2.37. The van der Waals surface area contributed by atoms with Gasteiger partial charge in [0.05, 0.1) is 31.6 Å². The second-order valence-electron chi connectivity index (χ2n) is 6.41. The number of para-hydroxylation sites is 1. The Morgan fingerprint density at radius 3 is 2.68 bits per heavy atom. The molecular formula is C20H24N2O5S. The van der Waals surface area contributed by atoms with Gasteiger partial charge < -0.3 is 19.1 Å². The Labute approximate surface area is 168 Å². The van der Waals surface area contributed by atoms with E-state index < -0.39 is 0 Å². The number of methoxy groups -OCH3 is 2. The van der Waals surface area contributed by atoms with Crippen molar-refractivity contribution in [2.24, 2.45) is 10.9 Å². The van der Waals surface area contributed by atoms with Crippen LogP contribution in [-0.4, -0.2) is 55.9 Å². The van der Waals surface area contributed by atoms with E-state index in [1.807, 2.05) is 19.1 Å². The van der Waals surface area contributed by atoms with Gasteiger partial charge in [0.15, 0.2) is 16.7 Å². The molecule has 150 valence electrons. The maximum absolute atomic E-state index is 12.4. The number of amidine groups is 1. The highest BCUT2D eigenvalue weighted by atomic mass is 32.2. The lowest BCUT2D eigenvalue weighted by Crippen LogP contribution is -2.39. The second-order valence-corrected chi connectivity index (χ2v) is 7.42. The number of aliphatic imine (C=N–C) groups is 1. The van der Waals surface area contributed by atoms with Gasteiger partial charge in [0.1, 0.15) is 0 Å². The normalized spacial score (nSPS) is 19.0. The summed E-state index contributed by atoms with van der Waals surface area (Å²) in [5.41, 5.74) is 0.759. The van der Waals surface area contributed by atoms with Crippen molar-refractivity contribution in [2.45, 2.75) is 19.8 Å². The average Bonchev–Trinajstić information content (AvgIpc) is 3.08. The van der Waals surface area contributed by atoms with Crippen molar-refractivity contribution in [3.05, 3.63) is 28.7 Å². The Morgan fingerprint density at radius 2 is 2.04 bits per heavy atom. The van der Waals surface area contributed by atoms with Gasteiger partial charge in [-0.2, -0.15) is 4.99 Å². The lowest BCUT2D eigenvalue weighted by atomic mass is 9.97. The summed E-state index contributed by atoms with van der Waals surface area (Å²) in [5, 5.41) is 0.681. The standard InChI is InChI=1S/C20H24N2O5S/c1-4-27-19(24)13-8-10-22(11-9-13)20-21-18(23)16(28-20)12-14-6-5-7-15(25-2)17(14)26-3/h5-7,12-13H,4,8-11H2,1-3H3/b16-12-. The minimum atomic E-state index is -0.266. The van der Waals surface area contributed by atoms with E-state index in [0.29, 0.717) is 54.1 Å². The third-order valence-corrected chi connectivity index (χ3v) is 5.76. The van der Waals surface area contributed by atoms with Crippen molar-refractivity contribution < 1.29 is 23.8 Å². The molecular weight excluding hydrogens is 380 g/mol. The van der Waals surface area contributed by atoms with Gasteiger partial charge in [0.25, 0.3) is 5.91 Å². The molecule has 1 saturated heterocycles. The van der Waals surface area contributed by atoms with Crippen LogP contribution in [0.5, 0.6) is 11.5 Å². The molecule has 0 saturated carbocycles. The first-order valence-corrected chi connectivity index (χ1v) is 10.0. The van der Waals surface area contributed by atoms with Crippen LogP contribution in [0.2, 0.25) is 0 Å². The number of amides is 1. The molecule has 0 aromatic heterocycles. The molecule has 0 radical (unpaired) electrons. The third-order valence-electron chi connectivity index (χ3n) is 4.71. The molecule has 3 rings (SSSR count). The SMILES string of the molecule is CCOC(=O)C1CCN(C2=NC(=O)/C(=C/c3cccc(OC)c3OC)S2)CC1. The molecule has 1 amide bonds. The highest BCUT2D eigenvalue weighted by Gasteiger charge is 2.31. The summed E-state index contributed by atoms with van der Waals surface area (Å²) < 4.78 is 15.8. The fraction of sp³-hybridized carbons (Fsp3) is 0.450. The lowest BCUT2D eigenvalue weighted by Gasteiger charge is -2.31. The van der Waals surface area contributed by atoms with Crippen LogP contribution in [0, 0.1) is 5.92 Å². The predicted molar refractivity (Wildman–Crippen MR) is 108 cm³/mol. The quantitative estimate of drug-likeness (QED) is 0.551. The van der Waals surface area contributed by atoms with Crippen molar-refractivity contribution in [3.8, 4) is 11.5 Å². The Hall–Kier alpha value is -2.48. The maximum Gasteiger partial charge on any atom is 0.309 e. The predicted octanol–water partition coefficient (Wildman–Crippen LogP) is 2.95. The Balaban J connectivity index is 1.68. The third kappa shape index (κ3) is 4.32. The summed E-state index contributed by atoms with van der Waals surface area (Å²) in [5.74, 6) is 0.710. The number of esters is 1. The zero-order valence-electron chi connectivity index (χ0n) is 16.3. The van der Waals surface area contributed by atoms with Crippen molar-refractivity contribution >= 4 is 34.9 Å². The monoisotopic (exact) mass is 404 g/mol. The lowest BCUT2D eigenvalue weighted by molar-refractivity contribution is -0.149. The Morgan fingerprint density at radius 1 is 1.29 bits per heavy atom. The fourth-order valence-corrected chi connectivity index (χ4v) is 4.22. The Kier molecular flexibility index (Phi) is 6.61. The van der Waals surface area contributed by atoms with E-state index in [1.54, 1.807) is 26.4 Å². The van der Waals surface area contributed by atoms with Crippen LogP contribution >= 0.6 is 11.8 Å². The van der Waals surface area contributed by atoms with E-state index in [2.05, 4.69) is 9.89 Å². The van der Waals surface area contributed by atoms with Crippen LogP contribution in [-0.2, 0) is 14.3 Å². The molecule has 1 aromatic rings. The number of hydrogen-bond donors (Lipinski definition) is 0. The van der Waals surface area contributed by atoms with Crippen molar-refractivity contribution in [1.29, 1.82) is 0 Å². The maximum atomic E-state index is 12.4. The largest absolute Gasteiger partial charge is 0.493 e. The molecule has 7 nitrogen and oxygen atoms in total. The number of benzene rings is 1. The average molecular weight is 404 g/mol. The number of carbonyl (C=O) groups excluding carboxylic acids is 2. The number of hydrogen-bond acceptors (Lipinski definition) is 7. The molecule has 0 spiro atoms. The molecule has 0 aliphatic carbocycles. The minimum Gasteiger partial charge on any atom is -0.493 e. The van der Waals surface area contributed by atoms with E-state index in [0.717, 1.165) is 5.56 Å². The zero-order valence-corrected chi connectivity index (χ0v) is 17.1. The van der Waals surface area contributed by atoms with Gasteiger partial charge in [-0.25, -0.2) is 0 Å². The smallest absolute Gasteiger partial charge is 0.309 e. The molecule has 0 N–H and O–H groups in total. The topological polar surface area (TPSA) is 77.4 Å². The number of nitrogens with zero attached hydrogens (tertiary/aromatic N) is 2. The number of rotatable bonds is 5. The number of piperidine rings is 1. The summed E-state index contributed by atoms with van der Waals surface area (Å²) >= 11 is 1.35. The van der Waals surface area contributed by atoms with Gasteiger partial charge in [-0.3, -0.25) is 9.59 Å². The number of ether oxygens (including phenoxy) is 3. The highest BCUT2D eigenvalue weighted by molar-refractivity contribution is 8.18. The summed E-state index contributed by atoms with van der Waals surface area (Å²) in [4.78, 5) is 31.1. The summed E-state index contributed by atoms with van der Waals surface area (Å²) in [7, 11) is 3.14. The van der Waals surface area contributed by atoms with Gasteiger partial charge in [-0.05, 0) is 43.7 Å². The van der Waals surface area contributed by atoms with Gasteiger partial charge in [0, 0.05) is 18.7 Å². The van der Waals surface area contributed by atoms with E-state index in [4.69, 9.17) is 14.2 Å². The van der Waals surface area contributed by atoms with E-state index in [9.17, 15) is 9.59 Å². The molecule has 1 aromatic carbocycles. The zero-order chi connectivity index (χ0) is 20.1. The molecule has 0 atom stereocenters. The Bertz CT molecular complexity index is 813. The molecule has 2 heterocycles. The van der Waals surface area contributed by atoms with Gasteiger partial charge >= 0.3 is 5.97 Å². The minimum absolute atomic E-state index is 0.0741.